The van der Waals surface area contributed by atoms with Gasteiger partial charge in [0.2, 0.25) is 5.91 Å². The third kappa shape index (κ3) is 6.66. The lowest BCUT2D eigenvalue weighted by molar-refractivity contribution is -0.118. The average Bonchev–Trinajstić information content (AvgIpc) is 2.01. The number of amides is 1. The van der Waals surface area contributed by atoms with Gasteiger partial charge in [0.25, 0.3) is 0 Å². The summed E-state index contributed by atoms with van der Waals surface area (Å²) in [5.41, 5.74) is 12.2. The lowest BCUT2D eigenvalue weighted by atomic mass is 9.94. The Bertz CT molecular complexity index is 207. The van der Waals surface area contributed by atoms with Crippen molar-refractivity contribution in [1.82, 2.24) is 0 Å². The molecule has 0 heterocycles. The summed E-state index contributed by atoms with van der Waals surface area (Å²) in [6.07, 6.45) is 4.51. The molecular weight excluding hydrogens is 176 g/mol. The smallest absolute Gasteiger partial charge is 0.218 e. The maximum atomic E-state index is 10.6. The van der Waals surface area contributed by atoms with E-state index in [4.69, 9.17) is 11.5 Å². The highest BCUT2D eigenvalue weighted by atomic mass is 16.1. The molecule has 1 amide bonds. The van der Waals surface area contributed by atoms with Gasteiger partial charge in [-0.05, 0) is 32.6 Å². The molecule has 3 nitrogen and oxygen atoms in total. The van der Waals surface area contributed by atoms with Crippen LogP contribution in [0.15, 0.2) is 11.6 Å². The number of allylic oxidation sites excluding steroid dienone is 2. The van der Waals surface area contributed by atoms with Crippen molar-refractivity contribution in [2.45, 2.75) is 46.1 Å². The van der Waals surface area contributed by atoms with Crippen molar-refractivity contribution in [2.24, 2.45) is 17.4 Å². The van der Waals surface area contributed by atoms with E-state index in [1.165, 1.54) is 5.57 Å². The monoisotopic (exact) mass is 198 g/mol. The number of primary amides is 1. The normalized spacial score (nSPS) is 14.6. The van der Waals surface area contributed by atoms with Crippen LogP contribution in [0.4, 0.5) is 0 Å². The van der Waals surface area contributed by atoms with Crippen LogP contribution in [0, 0.1) is 5.92 Å². The van der Waals surface area contributed by atoms with Crippen LogP contribution in [-0.2, 0) is 4.79 Å². The average molecular weight is 198 g/mol. The highest BCUT2D eigenvalue weighted by molar-refractivity contribution is 5.74. The van der Waals surface area contributed by atoms with Crippen LogP contribution in [0.1, 0.15) is 40.0 Å². The fourth-order valence-electron chi connectivity index (χ4n) is 1.28. The minimum atomic E-state index is -0.313. The molecule has 14 heavy (non-hydrogen) atoms. The summed E-state index contributed by atoms with van der Waals surface area (Å²) in [5.74, 6) is 0.0321. The van der Waals surface area contributed by atoms with E-state index in [9.17, 15) is 4.79 Å². The number of nitrogens with two attached hydrogens (primary N) is 2. The van der Waals surface area contributed by atoms with Gasteiger partial charge in [-0.2, -0.15) is 0 Å². The van der Waals surface area contributed by atoms with Gasteiger partial charge in [-0.25, -0.2) is 0 Å². The third-order valence-electron chi connectivity index (χ3n) is 2.34. The van der Waals surface area contributed by atoms with Gasteiger partial charge < -0.3 is 11.5 Å². The zero-order valence-electron chi connectivity index (χ0n) is 9.42. The molecule has 0 aromatic heterocycles. The molecule has 0 aromatic carbocycles. The number of hydrogen-bond acceptors (Lipinski definition) is 2. The van der Waals surface area contributed by atoms with Gasteiger partial charge in [-0.3, -0.25) is 4.79 Å². The molecule has 0 saturated carbocycles. The summed E-state index contributed by atoms with van der Waals surface area (Å²) in [4.78, 5) is 10.6. The van der Waals surface area contributed by atoms with Gasteiger partial charge in [-0.15, -0.1) is 0 Å². The lowest BCUT2D eigenvalue weighted by Gasteiger charge is -2.17. The van der Waals surface area contributed by atoms with E-state index in [1.54, 1.807) is 0 Å². The standard InChI is InChI=1S/C11H22N2O/c1-8(2)5-4-6-9(3)10(12)7-11(13)14/h5,9-10H,4,6-7,12H2,1-3H3,(H2,13,14). The number of carbonyl (C=O) groups is 1. The van der Waals surface area contributed by atoms with Crippen LogP contribution < -0.4 is 11.5 Å². The van der Waals surface area contributed by atoms with Gasteiger partial charge in [0, 0.05) is 12.5 Å². The summed E-state index contributed by atoms with van der Waals surface area (Å²) < 4.78 is 0. The molecule has 0 rings (SSSR count). The van der Waals surface area contributed by atoms with E-state index in [0.29, 0.717) is 5.92 Å². The maximum absolute atomic E-state index is 10.6. The van der Waals surface area contributed by atoms with Gasteiger partial charge in [-0.1, -0.05) is 18.6 Å². The minimum Gasteiger partial charge on any atom is -0.370 e. The van der Waals surface area contributed by atoms with Crippen LogP contribution in [0.25, 0.3) is 0 Å². The van der Waals surface area contributed by atoms with E-state index in [-0.39, 0.29) is 18.4 Å². The highest BCUT2D eigenvalue weighted by Crippen LogP contribution is 2.12. The summed E-state index contributed by atoms with van der Waals surface area (Å²) in [5, 5.41) is 0. The topological polar surface area (TPSA) is 69.1 Å². The molecule has 0 fully saturated rings. The molecule has 0 spiro atoms. The summed E-state index contributed by atoms with van der Waals surface area (Å²) in [7, 11) is 0. The van der Waals surface area contributed by atoms with Crippen molar-refractivity contribution in [3.8, 4) is 0 Å². The Morgan fingerprint density at radius 2 is 2.00 bits per heavy atom. The van der Waals surface area contributed by atoms with Crippen molar-refractivity contribution in [2.75, 3.05) is 0 Å². The van der Waals surface area contributed by atoms with Crippen molar-refractivity contribution in [3.05, 3.63) is 11.6 Å². The second-order valence-electron chi connectivity index (χ2n) is 4.17. The molecule has 0 bridgehead atoms. The number of hydrogen-bond donors (Lipinski definition) is 2. The molecule has 0 aliphatic carbocycles. The Morgan fingerprint density at radius 3 is 2.43 bits per heavy atom. The molecule has 4 N–H and O–H groups in total. The van der Waals surface area contributed by atoms with Crippen LogP contribution >= 0.6 is 0 Å². The first kappa shape index (κ1) is 13.2. The third-order valence-corrected chi connectivity index (χ3v) is 2.34. The summed E-state index contributed by atoms with van der Waals surface area (Å²) >= 11 is 0. The summed E-state index contributed by atoms with van der Waals surface area (Å²) in [6.45, 7) is 6.22. The predicted molar refractivity (Wildman–Crippen MR) is 59.6 cm³/mol. The van der Waals surface area contributed by atoms with Gasteiger partial charge in [0.15, 0.2) is 0 Å². The van der Waals surface area contributed by atoms with Crippen LogP contribution in [0.2, 0.25) is 0 Å². The van der Waals surface area contributed by atoms with Crippen LogP contribution in [-0.4, -0.2) is 11.9 Å². The van der Waals surface area contributed by atoms with E-state index < -0.39 is 0 Å². The first-order valence-electron chi connectivity index (χ1n) is 5.10. The molecule has 3 heteroatoms. The number of carbonyl (C=O) groups excluding carboxylic acids is 1. The molecule has 82 valence electrons. The number of rotatable bonds is 6. The Hall–Kier alpha value is -0.830. The quantitative estimate of drug-likeness (QED) is 0.636. The van der Waals surface area contributed by atoms with E-state index in [0.717, 1.165) is 12.8 Å². The molecule has 0 saturated heterocycles. The first-order valence-corrected chi connectivity index (χ1v) is 5.10. The Kier molecular flexibility index (Phi) is 6.21. The molecule has 2 atom stereocenters. The van der Waals surface area contributed by atoms with E-state index in [2.05, 4.69) is 26.8 Å². The first-order chi connectivity index (χ1) is 6.43. The largest absolute Gasteiger partial charge is 0.370 e. The minimum absolute atomic E-state index is 0.0990. The second kappa shape index (κ2) is 6.60. The van der Waals surface area contributed by atoms with Crippen molar-refractivity contribution in [3.63, 3.8) is 0 Å². The SMILES string of the molecule is CC(C)=CCCC(C)C(N)CC(N)=O. The zero-order chi connectivity index (χ0) is 11.1. The van der Waals surface area contributed by atoms with Gasteiger partial charge in [0.05, 0.1) is 0 Å². The Labute approximate surface area is 86.5 Å². The van der Waals surface area contributed by atoms with Crippen LogP contribution in [0.5, 0.6) is 0 Å². The van der Waals surface area contributed by atoms with Gasteiger partial charge in [0.1, 0.15) is 0 Å². The zero-order valence-corrected chi connectivity index (χ0v) is 9.42. The molecule has 0 aliphatic rings. The van der Waals surface area contributed by atoms with Crippen molar-refractivity contribution < 1.29 is 4.79 Å². The molecule has 2 unspecified atom stereocenters. The Morgan fingerprint density at radius 1 is 1.43 bits per heavy atom. The van der Waals surface area contributed by atoms with Crippen LogP contribution in [0.3, 0.4) is 0 Å². The maximum Gasteiger partial charge on any atom is 0.218 e. The highest BCUT2D eigenvalue weighted by Gasteiger charge is 2.13. The second-order valence-corrected chi connectivity index (χ2v) is 4.17. The van der Waals surface area contributed by atoms with Gasteiger partial charge >= 0.3 is 0 Å². The molecular formula is C11H22N2O. The van der Waals surface area contributed by atoms with Crippen molar-refractivity contribution >= 4 is 5.91 Å². The molecule has 0 aromatic rings. The fraction of sp³-hybridized carbons (Fsp3) is 0.727. The molecule has 0 aliphatic heterocycles. The summed E-state index contributed by atoms with van der Waals surface area (Å²) in [6, 6.07) is -0.0990. The van der Waals surface area contributed by atoms with Crippen molar-refractivity contribution in [1.29, 1.82) is 0 Å². The Balaban J connectivity index is 3.78. The van der Waals surface area contributed by atoms with E-state index >= 15 is 0 Å². The predicted octanol–water partition coefficient (Wildman–Crippen LogP) is 1.57. The van der Waals surface area contributed by atoms with E-state index in [1.807, 2.05) is 0 Å². The fourth-order valence-corrected chi connectivity index (χ4v) is 1.28. The lowest BCUT2D eigenvalue weighted by Crippen LogP contribution is -2.33. The molecule has 0 radical (unpaired) electrons.